The summed E-state index contributed by atoms with van der Waals surface area (Å²) in [7, 11) is 1.53. The highest BCUT2D eigenvalue weighted by Crippen LogP contribution is 2.23. The van der Waals surface area contributed by atoms with Crippen molar-refractivity contribution in [2.24, 2.45) is 0 Å². The number of aryl methyl sites for hydroxylation is 1. The fraction of sp³-hybridized carbons (Fsp3) is 0.167. The zero-order valence-corrected chi connectivity index (χ0v) is 10.6. The van der Waals surface area contributed by atoms with Gasteiger partial charge < -0.3 is 14.6 Å². The van der Waals surface area contributed by atoms with E-state index in [0.29, 0.717) is 27.9 Å². The summed E-state index contributed by atoms with van der Waals surface area (Å²) < 4.78 is 9.86. The molecule has 1 heterocycles. The van der Waals surface area contributed by atoms with E-state index in [-0.39, 0.29) is 5.91 Å². The van der Waals surface area contributed by atoms with Crippen molar-refractivity contribution in [1.82, 2.24) is 5.16 Å². The van der Waals surface area contributed by atoms with Gasteiger partial charge in [-0.05, 0) is 25.1 Å². The molecule has 5 nitrogen and oxygen atoms in total. The molecule has 0 atom stereocenters. The van der Waals surface area contributed by atoms with E-state index in [0.717, 1.165) is 0 Å². The van der Waals surface area contributed by atoms with Gasteiger partial charge in [0.15, 0.2) is 5.82 Å². The molecule has 0 fully saturated rings. The predicted octanol–water partition coefficient (Wildman–Crippen LogP) is 2.90. The first-order chi connectivity index (χ1) is 8.60. The van der Waals surface area contributed by atoms with Gasteiger partial charge in [-0.25, -0.2) is 0 Å². The van der Waals surface area contributed by atoms with Crippen molar-refractivity contribution >= 4 is 23.3 Å². The highest BCUT2D eigenvalue weighted by molar-refractivity contribution is 6.34. The molecule has 0 aliphatic rings. The SMILES string of the molecule is COc1ccc(C(=O)Nc2cc(C)on2)c(Cl)c1. The molecule has 0 bridgehead atoms. The summed E-state index contributed by atoms with van der Waals surface area (Å²) in [5.41, 5.74) is 0.345. The third kappa shape index (κ3) is 2.62. The van der Waals surface area contributed by atoms with Gasteiger partial charge in [-0.1, -0.05) is 16.8 Å². The van der Waals surface area contributed by atoms with Crippen LogP contribution in [0.2, 0.25) is 5.02 Å². The van der Waals surface area contributed by atoms with Gasteiger partial charge in [-0.2, -0.15) is 0 Å². The summed E-state index contributed by atoms with van der Waals surface area (Å²) in [5.74, 6) is 1.21. The largest absolute Gasteiger partial charge is 0.497 e. The molecular formula is C12H11ClN2O3. The molecule has 1 amide bonds. The van der Waals surface area contributed by atoms with Crippen LogP contribution in [0, 0.1) is 6.92 Å². The van der Waals surface area contributed by atoms with E-state index in [1.807, 2.05) is 0 Å². The lowest BCUT2D eigenvalue weighted by atomic mass is 10.2. The second kappa shape index (κ2) is 5.10. The number of rotatable bonds is 3. The summed E-state index contributed by atoms with van der Waals surface area (Å²) in [6, 6.07) is 6.44. The molecule has 0 aliphatic carbocycles. The van der Waals surface area contributed by atoms with E-state index in [1.54, 1.807) is 31.2 Å². The lowest BCUT2D eigenvalue weighted by molar-refractivity contribution is 0.102. The first-order valence-corrected chi connectivity index (χ1v) is 5.56. The third-order valence-electron chi connectivity index (χ3n) is 2.29. The smallest absolute Gasteiger partial charge is 0.258 e. The molecule has 0 aliphatic heterocycles. The lowest BCUT2D eigenvalue weighted by Crippen LogP contribution is -2.12. The zero-order valence-electron chi connectivity index (χ0n) is 9.86. The molecule has 18 heavy (non-hydrogen) atoms. The maximum absolute atomic E-state index is 11.9. The van der Waals surface area contributed by atoms with Crippen molar-refractivity contribution in [1.29, 1.82) is 0 Å². The Labute approximate surface area is 109 Å². The van der Waals surface area contributed by atoms with Gasteiger partial charge in [-0.3, -0.25) is 4.79 Å². The highest BCUT2D eigenvalue weighted by Gasteiger charge is 2.13. The van der Waals surface area contributed by atoms with Crippen LogP contribution in [-0.4, -0.2) is 18.2 Å². The number of hydrogen-bond donors (Lipinski definition) is 1. The number of ether oxygens (including phenoxy) is 1. The Hall–Kier alpha value is -2.01. The molecule has 94 valence electrons. The molecule has 0 radical (unpaired) electrons. The van der Waals surface area contributed by atoms with Crippen LogP contribution >= 0.6 is 11.6 Å². The van der Waals surface area contributed by atoms with Crippen LogP contribution in [0.3, 0.4) is 0 Å². The van der Waals surface area contributed by atoms with Crippen molar-refractivity contribution in [3.8, 4) is 5.75 Å². The number of carbonyl (C=O) groups excluding carboxylic acids is 1. The number of benzene rings is 1. The van der Waals surface area contributed by atoms with Gasteiger partial charge in [0.2, 0.25) is 0 Å². The summed E-state index contributed by atoms with van der Waals surface area (Å²) >= 11 is 5.99. The fourth-order valence-corrected chi connectivity index (χ4v) is 1.67. The molecule has 0 unspecified atom stereocenters. The van der Waals surface area contributed by atoms with Gasteiger partial charge in [-0.15, -0.1) is 0 Å². The van der Waals surface area contributed by atoms with E-state index in [2.05, 4.69) is 10.5 Å². The lowest BCUT2D eigenvalue weighted by Gasteiger charge is -2.05. The Bertz CT molecular complexity index is 580. The van der Waals surface area contributed by atoms with Crippen LogP contribution in [-0.2, 0) is 0 Å². The molecule has 0 spiro atoms. The minimum absolute atomic E-state index is 0.312. The maximum Gasteiger partial charge on any atom is 0.258 e. The molecule has 0 saturated carbocycles. The number of halogens is 1. The second-order valence-corrected chi connectivity index (χ2v) is 4.03. The van der Waals surface area contributed by atoms with E-state index in [9.17, 15) is 4.79 Å². The van der Waals surface area contributed by atoms with Gasteiger partial charge in [0.25, 0.3) is 5.91 Å². The van der Waals surface area contributed by atoms with Crippen molar-refractivity contribution in [2.75, 3.05) is 12.4 Å². The topological polar surface area (TPSA) is 64.4 Å². The number of nitrogens with zero attached hydrogens (tertiary/aromatic N) is 1. The van der Waals surface area contributed by atoms with Crippen LogP contribution in [0.25, 0.3) is 0 Å². The highest BCUT2D eigenvalue weighted by atomic mass is 35.5. The number of hydrogen-bond acceptors (Lipinski definition) is 4. The number of aromatic nitrogens is 1. The molecule has 2 aromatic rings. The van der Waals surface area contributed by atoms with Crippen molar-refractivity contribution in [3.63, 3.8) is 0 Å². The quantitative estimate of drug-likeness (QED) is 0.928. The number of carbonyl (C=O) groups is 1. The van der Waals surface area contributed by atoms with Gasteiger partial charge in [0.05, 0.1) is 17.7 Å². The van der Waals surface area contributed by atoms with Crippen molar-refractivity contribution < 1.29 is 14.1 Å². The average Bonchev–Trinajstić information content (AvgIpc) is 2.74. The van der Waals surface area contributed by atoms with E-state index in [1.165, 1.54) is 7.11 Å². The second-order valence-electron chi connectivity index (χ2n) is 3.62. The van der Waals surface area contributed by atoms with Crippen LogP contribution in [0.4, 0.5) is 5.82 Å². The van der Waals surface area contributed by atoms with E-state index >= 15 is 0 Å². The minimum atomic E-state index is -0.351. The van der Waals surface area contributed by atoms with Crippen LogP contribution in [0.15, 0.2) is 28.8 Å². The summed E-state index contributed by atoms with van der Waals surface area (Å²) in [6.45, 7) is 1.74. The average molecular weight is 267 g/mol. The minimum Gasteiger partial charge on any atom is -0.497 e. The van der Waals surface area contributed by atoms with Crippen molar-refractivity contribution in [3.05, 3.63) is 40.6 Å². The first kappa shape index (κ1) is 12.4. The molecule has 1 aromatic carbocycles. The standard InChI is InChI=1S/C12H11ClN2O3/c1-7-5-11(15-18-7)14-12(16)9-4-3-8(17-2)6-10(9)13/h3-6H,1-2H3,(H,14,15,16). The van der Waals surface area contributed by atoms with Crippen LogP contribution in [0.5, 0.6) is 5.75 Å². The Kier molecular flexibility index (Phi) is 3.53. The Morgan fingerprint density at radius 3 is 2.78 bits per heavy atom. The van der Waals surface area contributed by atoms with E-state index < -0.39 is 0 Å². The predicted molar refractivity (Wildman–Crippen MR) is 67.2 cm³/mol. The Morgan fingerprint density at radius 1 is 1.44 bits per heavy atom. The molecule has 0 saturated heterocycles. The van der Waals surface area contributed by atoms with Crippen LogP contribution < -0.4 is 10.1 Å². The first-order valence-electron chi connectivity index (χ1n) is 5.18. The number of methoxy groups -OCH3 is 1. The molecule has 1 N–H and O–H groups in total. The summed E-state index contributed by atoms with van der Waals surface area (Å²) in [6.07, 6.45) is 0. The number of nitrogens with one attached hydrogen (secondary N) is 1. The maximum atomic E-state index is 11.9. The van der Waals surface area contributed by atoms with Gasteiger partial charge in [0.1, 0.15) is 11.5 Å². The van der Waals surface area contributed by atoms with Crippen LogP contribution in [0.1, 0.15) is 16.1 Å². The molecular weight excluding hydrogens is 256 g/mol. The summed E-state index contributed by atoms with van der Waals surface area (Å²) in [4.78, 5) is 11.9. The third-order valence-corrected chi connectivity index (χ3v) is 2.60. The molecule has 2 rings (SSSR count). The molecule has 1 aromatic heterocycles. The normalized spacial score (nSPS) is 10.2. The number of amides is 1. The molecule has 6 heteroatoms. The monoisotopic (exact) mass is 266 g/mol. The van der Waals surface area contributed by atoms with E-state index in [4.69, 9.17) is 20.9 Å². The van der Waals surface area contributed by atoms with Crippen molar-refractivity contribution in [2.45, 2.75) is 6.92 Å². The fourth-order valence-electron chi connectivity index (χ4n) is 1.42. The summed E-state index contributed by atoms with van der Waals surface area (Å²) in [5, 5.41) is 6.57. The van der Waals surface area contributed by atoms with Gasteiger partial charge >= 0.3 is 0 Å². The van der Waals surface area contributed by atoms with Gasteiger partial charge in [0, 0.05) is 6.07 Å². The zero-order chi connectivity index (χ0) is 13.1. The number of anilines is 1. The Balaban J connectivity index is 2.18. The Morgan fingerprint density at radius 2 is 2.22 bits per heavy atom.